The first kappa shape index (κ1) is 30.6. The zero-order valence-corrected chi connectivity index (χ0v) is 25.2. The van der Waals surface area contributed by atoms with E-state index in [0.29, 0.717) is 5.69 Å². The number of anilines is 1. The van der Waals surface area contributed by atoms with E-state index in [-0.39, 0.29) is 35.9 Å². The molecule has 0 saturated heterocycles. The lowest BCUT2D eigenvalue weighted by Crippen LogP contribution is -2.54. The first-order chi connectivity index (χ1) is 19.8. The summed E-state index contributed by atoms with van der Waals surface area (Å²) in [6.45, 7) is 11.2. The summed E-state index contributed by atoms with van der Waals surface area (Å²) >= 11 is 0. The Hall–Kier alpha value is -4.33. The zero-order chi connectivity index (χ0) is 30.6. The summed E-state index contributed by atoms with van der Waals surface area (Å²) in [6.07, 6.45) is 0.167. The number of ether oxygens (including phenoxy) is 1. The van der Waals surface area contributed by atoms with Gasteiger partial charge in [-0.15, -0.1) is 0 Å². The zero-order valence-electron chi connectivity index (χ0n) is 25.2. The topological polar surface area (TPSA) is 108 Å². The number of rotatable bonds is 9. The van der Waals surface area contributed by atoms with E-state index in [0.717, 1.165) is 28.7 Å². The van der Waals surface area contributed by atoms with Crippen molar-refractivity contribution in [2.75, 3.05) is 5.32 Å². The number of phenolic OH excluding ortho intramolecular Hbond substituents is 1. The molecule has 222 valence electrons. The maximum absolute atomic E-state index is 14.6. The van der Waals surface area contributed by atoms with Crippen LogP contribution in [0.4, 0.5) is 10.5 Å². The van der Waals surface area contributed by atoms with Crippen LogP contribution in [0.15, 0.2) is 72.8 Å². The third-order valence-corrected chi connectivity index (χ3v) is 7.46. The highest BCUT2D eigenvalue weighted by Crippen LogP contribution is 2.42. The van der Waals surface area contributed by atoms with Gasteiger partial charge in [-0.25, -0.2) is 4.79 Å². The fraction of sp³-hybridized carbons (Fsp3) is 0.382. The highest BCUT2D eigenvalue weighted by Gasteiger charge is 2.48. The molecule has 0 heterocycles. The molecule has 4 atom stereocenters. The Labute approximate surface area is 248 Å². The Morgan fingerprint density at radius 3 is 2.12 bits per heavy atom. The summed E-state index contributed by atoms with van der Waals surface area (Å²) in [4.78, 5) is 43.4. The molecule has 4 unspecified atom stereocenters. The predicted molar refractivity (Wildman–Crippen MR) is 163 cm³/mol. The summed E-state index contributed by atoms with van der Waals surface area (Å²) in [5.74, 6) is -0.423. The minimum atomic E-state index is -1.02. The number of amides is 3. The van der Waals surface area contributed by atoms with Crippen molar-refractivity contribution in [3.63, 3.8) is 0 Å². The Bertz CT molecular complexity index is 1430. The predicted octanol–water partition coefficient (Wildman–Crippen LogP) is 6.06. The first-order valence-electron chi connectivity index (χ1n) is 14.4. The van der Waals surface area contributed by atoms with Crippen LogP contribution >= 0.6 is 0 Å². The van der Waals surface area contributed by atoms with Crippen molar-refractivity contribution in [1.82, 2.24) is 10.2 Å². The number of alkyl carbamates (subject to hydrolysis) is 1. The molecule has 3 aromatic rings. The highest BCUT2D eigenvalue weighted by atomic mass is 16.6. The van der Waals surface area contributed by atoms with Crippen LogP contribution in [0.2, 0.25) is 0 Å². The lowest BCUT2D eigenvalue weighted by Gasteiger charge is -2.35. The number of benzene rings is 3. The second-order valence-electron chi connectivity index (χ2n) is 12.2. The van der Waals surface area contributed by atoms with Crippen LogP contribution in [-0.2, 0) is 20.7 Å². The molecule has 8 heteroatoms. The SMILES string of the molecule is Cc1ccccc1NC(=O)C(c1ccccc1C)N(C(=O)C(Cc1ccc(O)cc1)NC(=O)OC(C)(C)C)C1CC1C. The minimum absolute atomic E-state index is 0.0997. The first-order valence-corrected chi connectivity index (χ1v) is 14.4. The Kier molecular flexibility index (Phi) is 9.24. The van der Waals surface area contributed by atoms with Crippen molar-refractivity contribution in [1.29, 1.82) is 0 Å². The average Bonchev–Trinajstić information content (AvgIpc) is 3.64. The average molecular weight is 572 g/mol. The van der Waals surface area contributed by atoms with Gasteiger partial charge in [0.2, 0.25) is 5.91 Å². The standard InChI is InChI=1S/C34H41N3O5/c1-21-11-7-9-13-26(21)30(31(39)35-27-14-10-8-12-22(27)2)37(29-19-23(29)3)32(40)28(36-33(41)42-34(4,5)6)20-24-15-17-25(38)18-16-24/h7-18,23,28-30,38H,19-20H2,1-6H3,(H,35,39)(H,36,41). The van der Waals surface area contributed by atoms with E-state index >= 15 is 0 Å². The molecule has 0 bridgehead atoms. The molecule has 1 aliphatic carbocycles. The smallest absolute Gasteiger partial charge is 0.408 e. The lowest BCUT2D eigenvalue weighted by molar-refractivity contribution is -0.141. The molecule has 3 amide bonds. The summed E-state index contributed by atoms with van der Waals surface area (Å²) in [7, 11) is 0. The Balaban J connectivity index is 1.76. The molecule has 0 spiro atoms. The molecule has 1 fully saturated rings. The van der Waals surface area contributed by atoms with Crippen molar-refractivity contribution in [3.8, 4) is 5.75 Å². The molecule has 3 N–H and O–H groups in total. The molecule has 42 heavy (non-hydrogen) atoms. The van der Waals surface area contributed by atoms with Crippen LogP contribution in [-0.4, -0.2) is 45.6 Å². The fourth-order valence-electron chi connectivity index (χ4n) is 5.10. The molecule has 1 saturated carbocycles. The molecular formula is C34H41N3O5. The van der Waals surface area contributed by atoms with Crippen molar-refractivity contribution >= 4 is 23.6 Å². The Morgan fingerprint density at radius 2 is 1.55 bits per heavy atom. The van der Waals surface area contributed by atoms with E-state index in [2.05, 4.69) is 17.6 Å². The summed E-state index contributed by atoms with van der Waals surface area (Å²) in [5.41, 5.74) is 3.15. The molecule has 4 rings (SSSR count). The number of aryl methyl sites for hydroxylation is 2. The summed E-state index contributed by atoms with van der Waals surface area (Å²) in [5, 5.41) is 15.6. The van der Waals surface area contributed by atoms with Gasteiger partial charge in [0.15, 0.2) is 0 Å². The van der Waals surface area contributed by atoms with E-state index in [1.54, 1.807) is 37.8 Å². The second kappa shape index (κ2) is 12.7. The van der Waals surface area contributed by atoms with Crippen molar-refractivity contribution in [2.24, 2.45) is 5.92 Å². The fourth-order valence-corrected chi connectivity index (χ4v) is 5.10. The molecule has 0 radical (unpaired) electrons. The van der Waals surface area contributed by atoms with Crippen molar-refractivity contribution < 1.29 is 24.2 Å². The van der Waals surface area contributed by atoms with Gasteiger partial charge in [-0.05, 0) is 87.4 Å². The number of aromatic hydroxyl groups is 1. The summed E-state index contributed by atoms with van der Waals surface area (Å²) in [6, 6.07) is 19.4. The molecular weight excluding hydrogens is 530 g/mol. The van der Waals surface area contributed by atoms with Gasteiger partial charge in [-0.1, -0.05) is 61.5 Å². The van der Waals surface area contributed by atoms with Crippen LogP contribution in [0.1, 0.15) is 62.4 Å². The van der Waals surface area contributed by atoms with Crippen LogP contribution in [0.25, 0.3) is 0 Å². The maximum atomic E-state index is 14.6. The number of nitrogens with zero attached hydrogens (tertiary/aromatic N) is 1. The maximum Gasteiger partial charge on any atom is 0.408 e. The van der Waals surface area contributed by atoms with Crippen LogP contribution in [0.3, 0.4) is 0 Å². The molecule has 0 aromatic heterocycles. The molecule has 8 nitrogen and oxygen atoms in total. The normalized spacial score (nSPS) is 17.5. The van der Waals surface area contributed by atoms with E-state index in [1.165, 1.54) is 12.1 Å². The van der Waals surface area contributed by atoms with Crippen molar-refractivity contribution in [3.05, 3.63) is 95.1 Å². The quantitative estimate of drug-likeness (QED) is 0.289. The van der Waals surface area contributed by atoms with E-state index in [4.69, 9.17) is 4.74 Å². The minimum Gasteiger partial charge on any atom is -0.508 e. The number of hydrogen-bond donors (Lipinski definition) is 3. The van der Waals surface area contributed by atoms with Gasteiger partial charge in [0.05, 0.1) is 0 Å². The van der Waals surface area contributed by atoms with E-state index in [9.17, 15) is 19.5 Å². The van der Waals surface area contributed by atoms with Crippen LogP contribution in [0, 0.1) is 19.8 Å². The van der Waals surface area contributed by atoms with Gasteiger partial charge in [0, 0.05) is 18.2 Å². The molecule has 3 aromatic carbocycles. The van der Waals surface area contributed by atoms with Gasteiger partial charge in [-0.3, -0.25) is 9.59 Å². The highest BCUT2D eigenvalue weighted by molar-refractivity contribution is 6.00. The third kappa shape index (κ3) is 7.69. The number of hydrogen-bond acceptors (Lipinski definition) is 5. The number of carbonyl (C=O) groups is 3. The van der Waals surface area contributed by atoms with E-state index < -0.39 is 23.8 Å². The van der Waals surface area contributed by atoms with Gasteiger partial charge in [-0.2, -0.15) is 0 Å². The van der Waals surface area contributed by atoms with E-state index in [1.807, 2.05) is 62.4 Å². The number of carbonyl (C=O) groups excluding carboxylic acids is 3. The monoisotopic (exact) mass is 571 g/mol. The van der Waals surface area contributed by atoms with Gasteiger partial charge >= 0.3 is 6.09 Å². The second-order valence-corrected chi connectivity index (χ2v) is 12.2. The lowest BCUT2D eigenvalue weighted by atomic mass is 9.96. The summed E-state index contributed by atoms with van der Waals surface area (Å²) < 4.78 is 5.52. The largest absolute Gasteiger partial charge is 0.508 e. The Morgan fingerprint density at radius 1 is 0.952 bits per heavy atom. The van der Waals surface area contributed by atoms with Gasteiger partial charge in [0.1, 0.15) is 23.4 Å². The van der Waals surface area contributed by atoms with Crippen molar-refractivity contribution in [2.45, 2.75) is 78.1 Å². The number of nitrogens with one attached hydrogen (secondary N) is 2. The van der Waals surface area contributed by atoms with Gasteiger partial charge in [0.25, 0.3) is 5.91 Å². The third-order valence-electron chi connectivity index (χ3n) is 7.46. The van der Waals surface area contributed by atoms with Crippen LogP contribution in [0.5, 0.6) is 5.75 Å². The molecule has 1 aliphatic rings. The van der Waals surface area contributed by atoms with Gasteiger partial charge < -0.3 is 25.4 Å². The molecule has 0 aliphatic heterocycles. The number of para-hydroxylation sites is 1. The van der Waals surface area contributed by atoms with Crippen LogP contribution < -0.4 is 10.6 Å². The number of phenols is 1.